The molecule has 0 aliphatic carbocycles. The van der Waals surface area contributed by atoms with Gasteiger partial charge in [-0.3, -0.25) is 18.6 Å². The second kappa shape index (κ2) is 9.47. The molecule has 0 radical (unpaired) electrons. The maximum atomic E-state index is 13.0. The summed E-state index contributed by atoms with van der Waals surface area (Å²) in [6, 6.07) is 15.3. The van der Waals surface area contributed by atoms with Crippen molar-refractivity contribution in [2.24, 2.45) is 0 Å². The number of para-hydroxylation sites is 1. The van der Waals surface area contributed by atoms with Crippen LogP contribution >= 0.6 is 11.8 Å². The fourth-order valence-corrected chi connectivity index (χ4v) is 4.54. The molecule has 0 atom stereocenters. The fraction of sp³-hybridized carbons (Fsp3) is 0.333. The zero-order chi connectivity index (χ0) is 21.8. The molecule has 0 bridgehead atoms. The van der Waals surface area contributed by atoms with E-state index >= 15 is 0 Å². The van der Waals surface area contributed by atoms with Gasteiger partial charge in [-0.1, -0.05) is 74.8 Å². The van der Waals surface area contributed by atoms with Crippen molar-refractivity contribution in [1.29, 1.82) is 0 Å². The highest BCUT2D eigenvalue weighted by Gasteiger charge is 2.17. The predicted octanol–water partition coefficient (Wildman–Crippen LogP) is 4.77. The van der Waals surface area contributed by atoms with E-state index in [1.807, 2.05) is 52.9 Å². The molecular weight excluding hydrogens is 408 g/mol. The summed E-state index contributed by atoms with van der Waals surface area (Å²) in [7, 11) is 0. The molecule has 2 aromatic carbocycles. The van der Waals surface area contributed by atoms with Crippen molar-refractivity contribution in [3.05, 3.63) is 70.0 Å². The van der Waals surface area contributed by atoms with Gasteiger partial charge in [0.15, 0.2) is 10.9 Å². The molecular formula is C24H26N4O2S. The molecule has 0 saturated heterocycles. The second-order valence-electron chi connectivity index (χ2n) is 7.60. The van der Waals surface area contributed by atoms with Crippen LogP contribution in [0.3, 0.4) is 0 Å². The summed E-state index contributed by atoms with van der Waals surface area (Å²) in [6.07, 6.45) is 3.96. The highest BCUT2D eigenvalue weighted by Crippen LogP contribution is 2.23. The summed E-state index contributed by atoms with van der Waals surface area (Å²) in [5.74, 6) is 0.834. The molecule has 31 heavy (non-hydrogen) atoms. The highest BCUT2D eigenvalue weighted by atomic mass is 32.2. The van der Waals surface area contributed by atoms with E-state index in [0.717, 1.165) is 31.2 Å². The molecule has 2 heterocycles. The Kier molecular flexibility index (Phi) is 6.51. The van der Waals surface area contributed by atoms with E-state index in [1.54, 1.807) is 4.57 Å². The van der Waals surface area contributed by atoms with Crippen LogP contribution in [0.4, 0.5) is 0 Å². The minimum atomic E-state index is -0.0521. The molecule has 0 spiro atoms. The van der Waals surface area contributed by atoms with Crippen LogP contribution in [0.15, 0.2) is 58.5 Å². The van der Waals surface area contributed by atoms with Gasteiger partial charge in [0.05, 0.1) is 16.7 Å². The summed E-state index contributed by atoms with van der Waals surface area (Å²) in [5.41, 5.74) is 2.65. The zero-order valence-electron chi connectivity index (χ0n) is 17.9. The standard InChI is InChI=1S/C24H26N4O2S/c1-3-5-15-27-22(30)19-9-6-7-10-20(19)28-23(27)25-26-24(28)31-16-21(29)18-13-11-17(8-4-2)12-14-18/h6-7,9-14H,3-5,8,15-16H2,1-2H3. The Morgan fingerprint density at radius 1 is 1.00 bits per heavy atom. The molecule has 0 saturated carbocycles. The zero-order valence-corrected chi connectivity index (χ0v) is 18.7. The quantitative estimate of drug-likeness (QED) is 0.280. The fourth-order valence-electron chi connectivity index (χ4n) is 3.70. The minimum absolute atomic E-state index is 0.0495. The molecule has 160 valence electrons. The van der Waals surface area contributed by atoms with Crippen molar-refractivity contribution >= 4 is 34.2 Å². The van der Waals surface area contributed by atoms with Gasteiger partial charge in [0.1, 0.15) is 0 Å². The van der Waals surface area contributed by atoms with Gasteiger partial charge < -0.3 is 0 Å². The summed E-state index contributed by atoms with van der Waals surface area (Å²) < 4.78 is 3.59. The van der Waals surface area contributed by atoms with Gasteiger partial charge in [-0.2, -0.15) is 0 Å². The Hall–Kier alpha value is -2.93. The van der Waals surface area contributed by atoms with Crippen molar-refractivity contribution < 1.29 is 4.79 Å². The third kappa shape index (κ3) is 4.28. The lowest BCUT2D eigenvalue weighted by Crippen LogP contribution is -2.23. The van der Waals surface area contributed by atoms with Gasteiger partial charge >= 0.3 is 0 Å². The summed E-state index contributed by atoms with van der Waals surface area (Å²) >= 11 is 1.35. The first-order chi connectivity index (χ1) is 15.1. The van der Waals surface area contributed by atoms with E-state index in [0.29, 0.717) is 28.4 Å². The number of carbonyl (C=O) groups is 1. The van der Waals surface area contributed by atoms with Gasteiger partial charge in [0.2, 0.25) is 5.78 Å². The largest absolute Gasteiger partial charge is 0.293 e. The Bertz CT molecular complexity index is 1270. The van der Waals surface area contributed by atoms with E-state index in [-0.39, 0.29) is 17.1 Å². The lowest BCUT2D eigenvalue weighted by atomic mass is 10.1. The second-order valence-corrected chi connectivity index (χ2v) is 8.55. The topological polar surface area (TPSA) is 69.3 Å². The van der Waals surface area contributed by atoms with Crippen molar-refractivity contribution in [2.45, 2.75) is 51.2 Å². The number of aromatic nitrogens is 4. The van der Waals surface area contributed by atoms with Gasteiger partial charge in [-0.05, 0) is 30.5 Å². The number of carbonyl (C=O) groups excluding carboxylic acids is 1. The van der Waals surface area contributed by atoms with Crippen molar-refractivity contribution in [3.8, 4) is 0 Å². The van der Waals surface area contributed by atoms with Gasteiger partial charge in [-0.25, -0.2) is 0 Å². The van der Waals surface area contributed by atoms with Crippen molar-refractivity contribution in [2.75, 3.05) is 5.75 Å². The monoisotopic (exact) mass is 434 g/mol. The lowest BCUT2D eigenvalue weighted by Gasteiger charge is -2.10. The molecule has 7 heteroatoms. The third-order valence-electron chi connectivity index (χ3n) is 5.36. The number of unbranched alkanes of at least 4 members (excludes halogenated alkanes) is 1. The molecule has 2 aromatic heterocycles. The molecule has 4 rings (SSSR count). The minimum Gasteiger partial charge on any atom is -0.293 e. The molecule has 0 aliphatic rings. The van der Waals surface area contributed by atoms with Gasteiger partial charge in [0.25, 0.3) is 5.56 Å². The number of benzene rings is 2. The highest BCUT2D eigenvalue weighted by molar-refractivity contribution is 7.99. The normalized spacial score (nSPS) is 11.4. The van der Waals surface area contributed by atoms with Crippen LogP contribution in [0.25, 0.3) is 16.7 Å². The van der Waals surface area contributed by atoms with E-state index in [4.69, 9.17) is 0 Å². The van der Waals surface area contributed by atoms with E-state index < -0.39 is 0 Å². The number of fused-ring (bicyclic) bond motifs is 3. The average molecular weight is 435 g/mol. The summed E-state index contributed by atoms with van der Waals surface area (Å²) in [4.78, 5) is 25.7. The number of hydrogen-bond donors (Lipinski definition) is 0. The Balaban J connectivity index is 1.66. The van der Waals surface area contributed by atoms with Crippen LogP contribution in [0, 0.1) is 0 Å². The number of aryl methyl sites for hydroxylation is 2. The Morgan fingerprint density at radius 2 is 1.77 bits per heavy atom. The first kappa shape index (κ1) is 21.3. The number of rotatable bonds is 9. The third-order valence-corrected chi connectivity index (χ3v) is 6.29. The number of hydrogen-bond acceptors (Lipinski definition) is 5. The van der Waals surface area contributed by atoms with Crippen LogP contribution in [0.2, 0.25) is 0 Å². The summed E-state index contributed by atoms with van der Waals surface area (Å²) in [5, 5.41) is 9.88. The van der Waals surface area contributed by atoms with E-state index in [2.05, 4.69) is 24.0 Å². The molecule has 0 aliphatic heterocycles. The Labute approximate surface area is 185 Å². The number of ketones is 1. The SMILES string of the molecule is CCCCn1c(=O)c2ccccc2n2c(SCC(=O)c3ccc(CCC)cc3)nnc12. The first-order valence-electron chi connectivity index (χ1n) is 10.8. The predicted molar refractivity (Wildman–Crippen MR) is 125 cm³/mol. The van der Waals surface area contributed by atoms with Crippen molar-refractivity contribution in [3.63, 3.8) is 0 Å². The molecule has 0 unspecified atom stereocenters. The molecule has 0 amide bonds. The maximum Gasteiger partial charge on any atom is 0.262 e. The van der Waals surface area contributed by atoms with E-state index in [1.165, 1.54) is 17.3 Å². The van der Waals surface area contributed by atoms with Crippen LogP contribution in [-0.4, -0.2) is 30.7 Å². The number of thioether (sulfide) groups is 1. The molecule has 0 N–H and O–H groups in total. The van der Waals surface area contributed by atoms with Crippen LogP contribution < -0.4 is 5.56 Å². The first-order valence-corrected chi connectivity index (χ1v) is 11.7. The smallest absolute Gasteiger partial charge is 0.262 e. The number of Topliss-reactive ketones (excluding diaryl/α,β-unsaturated/α-hetero) is 1. The molecule has 0 fully saturated rings. The lowest BCUT2D eigenvalue weighted by molar-refractivity contribution is 0.102. The maximum absolute atomic E-state index is 13.0. The molecule has 6 nitrogen and oxygen atoms in total. The van der Waals surface area contributed by atoms with Gasteiger partial charge in [0, 0.05) is 12.1 Å². The van der Waals surface area contributed by atoms with Crippen molar-refractivity contribution in [1.82, 2.24) is 19.2 Å². The van der Waals surface area contributed by atoms with Crippen LogP contribution in [-0.2, 0) is 13.0 Å². The van der Waals surface area contributed by atoms with Gasteiger partial charge in [-0.15, -0.1) is 10.2 Å². The van der Waals surface area contributed by atoms with E-state index in [9.17, 15) is 9.59 Å². The Morgan fingerprint density at radius 3 is 2.52 bits per heavy atom. The number of nitrogens with zero attached hydrogens (tertiary/aromatic N) is 4. The van der Waals surface area contributed by atoms with Crippen LogP contribution in [0.5, 0.6) is 0 Å². The average Bonchev–Trinajstić information content (AvgIpc) is 3.22. The van der Waals surface area contributed by atoms with Crippen LogP contribution in [0.1, 0.15) is 49.0 Å². The molecule has 4 aromatic rings. The summed E-state index contributed by atoms with van der Waals surface area (Å²) in [6.45, 7) is 4.83.